The van der Waals surface area contributed by atoms with Crippen molar-refractivity contribution in [3.05, 3.63) is 46.8 Å². The van der Waals surface area contributed by atoms with E-state index < -0.39 is 0 Å². The molecule has 0 bridgehead atoms. The lowest BCUT2D eigenvalue weighted by Gasteiger charge is -2.08. The molecule has 6 heteroatoms. The van der Waals surface area contributed by atoms with Gasteiger partial charge in [0.2, 0.25) is 11.8 Å². The minimum Gasteiger partial charge on any atom is -0.352 e. The molecule has 0 saturated heterocycles. The largest absolute Gasteiger partial charge is 0.352 e. The Morgan fingerprint density at radius 2 is 2.00 bits per heavy atom. The van der Waals surface area contributed by atoms with Crippen LogP contribution in [0.4, 0.5) is 5.69 Å². The van der Waals surface area contributed by atoms with E-state index in [2.05, 4.69) is 15.7 Å². The first-order valence-corrected chi connectivity index (χ1v) is 7.49. The summed E-state index contributed by atoms with van der Waals surface area (Å²) in [7, 11) is 1.87. The second kappa shape index (κ2) is 7.09. The van der Waals surface area contributed by atoms with Gasteiger partial charge in [0.15, 0.2) is 0 Å². The number of carbonyl (C=O) groups is 2. The Morgan fingerprint density at radius 3 is 2.61 bits per heavy atom. The molecule has 2 N–H and O–H groups in total. The fourth-order valence-corrected chi connectivity index (χ4v) is 2.46. The Balaban J connectivity index is 1.95. The summed E-state index contributed by atoms with van der Waals surface area (Å²) in [5.41, 5.74) is 4.52. The number of rotatable bonds is 5. The monoisotopic (exact) mass is 314 g/mol. The van der Waals surface area contributed by atoms with Crippen LogP contribution in [0.2, 0.25) is 0 Å². The maximum Gasteiger partial charge on any atom is 0.224 e. The molecular weight excluding hydrogens is 292 g/mol. The number of amides is 2. The van der Waals surface area contributed by atoms with E-state index in [1.54, 1.807) is 4.68 Å². The van der Waals surface area contributed by atoms with Crippen molar-refractivity contribution in [1.29, 1.82) is 0 Å². The van der Waals surface area contributed by atoms with Crippen LogP contribution in [0.3, 0.4) is 0 Å². The fourth-order valence-electron chi connectivity index (χ4n) is 2.46. The number of aryl methyl sites for hydroxylation is 2. The van der Waals surface area contributed by atoms with Gasteiger partial charge in [-0.1, -0.05) is 12.1 Å². The van der Waals surface area contributed by atoms with Crippen LogP contribution >= 0.6 is 0 Å². The number of nitrogens with one attached hydrogen (secondary N) is 2. The fraction of sp³-hybridized carbons (Fsp3) is 0.353. The summed E-state index contributed by atoms with van der Waals surface area (Å²) in [6.45, 7) is 5.75. The highest BCUT2D eigenvalue weighted by Crippen LogP contribution is 2.13. The molecule has 0 spiro atoms. The van der Waals surface area contributed by atoms with Crippen molar-refractivity contribution in [1.82, 2.24) is 15.1 Å². The van der Waals surface area contributed by atoms with Crippen LogP contribution in [-0.2, 0) is 29.6 Å². The van der Waals surface area contributed by atoms with Crippen molar-refractivity contribution in [3.8, 4) is 0 Å². The van der Waals surface area contributed by atoms with Crippen LogP contribution in [0, 0.1) is 13.8 Å². The Bertz CT molecular complexity index is 734. The summed E-state index contributed by atoms with van der Waals surface area (Å²) in [6.07, 6.45) is 0.316. The maximum atomic E-state index is 12.1. The smallest absolute Gasteiger partial charge is 0.224 e. The van der Waals surface area contributed by atoms with Crippen LogP contribution in [0.15, 0.2) is 24.3 Å². The molecule has 2 amide bonds. The number of aromatic nitrogens is 2. The van der Waals surface area contributed by atoms with Gasteiger partial charge in [-0.15, -0.1) is 0 Å². The Morgan fingerprint density at radius 1 is 1.26 bits per heavy atom. The molecule has 1 heterocycles. The van der Waals surface area contributed by atoms with E-state index in [-0.39, 0.29) is 11.8 Å². The first-order chi connectivity index (χ1) is 10.9. The number of hydrogen-bond donors (Lipinski definition) is 2. The molecule has 23 heavy (non-hydrogen) atoms. The number of anilines is 1. The van der Waals surface area contributed by atoms with E-state index in [1.165, 1.54) is 6.92 Å². The van der Waals surface area contributed by atoms with E-state index in [0.717, 1.165) is 28.2 Å². The molecule has 0 unspecified atom stereocenters. The molecule has 122 valence electrons. The third-order valence-corrected chi connectivity index (χ3v) is 3.73. The molecule has 0 fully saturated rings. The average molecular weight is 314 g/mol. The number of hydrogen-bond acceptors (Lipinski definition) is 3. The van der Waals surface area contributed by atoms with Crippen molar-refractivity contribution in [3.63, 3.8) is 0 Å². The molecule has 0 atom stereocenters. The highest BCUT2D eigenvalue weighted by Gasteiger charge is 2.13. The Hall–Kier alpha value is -2.63. The van der Waals surface area contributed by atoms with Gasteiger partial charge in [-0.2, -0.15) is 5.10 Å². The van der Waals surface area contributed by atoms with Gasteiger partial charge in [-0.3, -0.25) is 14.3 Å². The summed E-state index contributed by atoms with van der Waals surface area (Å²) in [6, 6.07) is 7.42. The van der Waals surface area contributed by atoms with E-state index in [1.807, 2.05) is 45.2 Å². The molecule has 1 aromatic heterocycles. The lowest BCUT2D eigenvalue weighted by atomic mass is 10.1. The molecule has 0 saturated carbocycles. The summed E-state index contributed by atoms with van der Waals surface area (Å²) < 4.78 is 1.79. The Labute approximate surface area is 135 Å². The highest BCUT2D eigenvalue weighted by atomic mass is 16.2. The van der Waals surface area contributed by atoms with Crippen LogP contribution < -0.4 is 10.6 Å². The van der Waals surface area contributed by atoms with Gasteiger partial charge in [-0.05, 0) is 31.5 Å². The average Bonchev–Trinajstić information content (AvgIpc) is 2.71. The Kier molecular flexibility index (Phi) is 5.16. The number of carbonyl (C=O) groups excluding carboxylic acids is 2. The second-order valence-electron chi connectivity index (χ2n) is 5.61. The highest BCUT2D eigenvalue weighted by molar-refractivity contribution is 5.88. The predicted molar refractivity (Wildman–Crippen MR) is 89.0 cm³/mol. The van der Waals surface area contributed by atoms with Crippen molar-refractivity contribution < 1.29 is 9.59 Å². The third kappa shape index (κ3) is 4.42. The summed E-state index contributed by atoms with van der Waals surface area (Å²) in [5.74, 6) is -0.164. The molecule has 2 rings (SSSR count). The molecule has 1 aromatic carbocycles. The van der Waals surface area contributed by atoms with Crippen LogP contribution in [0.25, 0.3) is 0 Å². The van der Waals surface area contributed by atoms with Crippen LogP contribution in [0.5, 0.6) is 0 Å². The lowest BCUT2D eigenvalue weighted by Crippen LogP contribution is -2.25. The normalized spacial score (nSPS) is 10.4. The zero-order valence-electron chi connectivity index (χ0n) is 13.9. The van der Waals surface area contributed by atoms with Gasteiger partial charge in [-0.25, -0.2) is 0 Å². The number of nitrogens with zero attached hydrogens (tertiary/aromatic N) is 2. The standard InChI is InChI=1S/C17H22N4O2/c1-11-16(12(2)21(4)20-11)9-17(23)18-10-14-6-5-7-15(8-14)19-13(3)22/h5-8H,9-10H2,1-4H3,(H,18,23)(H,19,22). The van der Waals surface area contributed by atoms with E-state index in [0.29, 0.717) is 13.0 Å². The van der Waals surface area contributed by atoms with Gasteiger partial charge in [0.25, 0.3) is 0 Å². The molecule has 0 aliphatic rings. The minimum absolute atomic E-state index is 0.0471. The third-order valence-electron chi connectivity index (χ3n) is 3.73. The molecule has 0 aliphatic heterocycles. The summed E-state index contributed by atoms with van der Waals surface area (Å²) in [5, 5.41) is 9.95. The molecular formula is C17H22N4O2. The quantitative estimate of drug-likeness (QED) is 0.884. The van der Waals surface area contributed by atoms with Crippen molar-refractivity contribution >= 4 is 17.5 Å². The van der Waals surface area contributed by atoms with E-state index in [9.17, 15) is 9.59 Å². The molecule has 6 nitrogen and oxygen atoms in total. The van der Waals surface area contributed by atoms with Gasteiger partial charge in [0.05, 0.1) is 12.1 Å². The number of benzene rings is 1. The van der Waals surface area contributed by atoms with Crippen LogP contribution in [0.1, 0.15) is 29.4 Å². The second-order valence-corrected chi connectivity index (χ2v) is 5.61. The zero-order chi connectivity index (χ0) is 17.0. The van der Waals surface area contributed by atoms with Crippen molar-refractivity contribution in [2.45, 2.75) is 33.7 Å². The summed E-state index contributed by atoms with van der Waals surface area (Å²) >= 11 is 0. The van der Waals surface area contributed by atoms with Crippen molar-refractivity contribution in [2.75, 3.05) is 5.32 Å². The van der Waals surface area contributed by atoms with E-state index >= 15 is 0 Å². The van der Waals surface area contributed by atoms with E-state index in [4.69, 9.17) is 0 Å². The summed E-state index contributed by atoms with van der Waals surface area (Å²) in [4.78, 5) is 23.2. The first-order valence-electron chi connectivity index (χ1n) is 7.49. The molecule has 0 aliphatic carbocycles. The first kappa shape index (κ1) is 16.7. The van der Waals surface area contributed by atoms with Crippen molar-refractivity contribution in [2.24, 2.45) is 7.05 Å². The lowest BCUT2D eigenvalue weighted by molar-refractivity contribution is -0.120. The molecule has 2 aromatic rings. The molecule has 0 radical (unpaired) electrons. The predicted octanol–water partition coefficient (Wildman–Crippen LogP) is 1.85. The maximum absolute atomic E-state index is 12.1. The SMILES string of the molecule is CC(=O)Nc1cccc(CNC(=O)Cc2c(C)nn(C)c2C)c1. The minimum atomic E-state index is -0.117. The van der Waals surface area contributed by atoms with Gasteiger partial charge >= 0.3 is 0 Å². The zero-order valence-corrected chi connectivity index (χ0v) is 13.9. The topological polar surface area (TPSA) is 76.0 Å². The van der Waals surface area contributed by atoms with Gasteiger partial charge < -0.3 is 10.6 Å². The van der Waals surface area contributed by atoms with Gasteiger partial charge in [0, 0.05) is 37.5 Å². The van der Waals surface area contributed by atoms with Crippen LogP contribution in [-0.4, -0.2) is 21.6 Å². The van der Waals surface area contributed by atoms with Gasteiger partial charge in [0.1, 0.15) is 0 Å².